The predicted molar refractivity (Wildman–Crippen MR) is 79.1 cm³/mol. The van der Waals surface area contributed by atoms with Crippen molar-refractivity contribution in [3.05, 3.63) is 18.2 Å². The second-order valence-electron chi connectivity index (χ2n) is 6.99. The fourth-order valence-corrected chi connectivity index (χ4v) is 5.13. The molecule has 0 heterocycles. The Morgan fingerprint density at radius 3 is 2.25 bits per heavy atom. The van der Waals surface area contributed by atoms with E-state index in [1.54, 1.807) is 13.2 Å². The van der Waals surface area contributed by atoms with Gasteiger partial charge in [0, 0.05) is 17.8 Å². The van der Waals surface area contributed by atoms with Crippen LogP contribution in [0.4, 0.5) is 5.69 Å². The lowest BCUT2D eigenvalue weighted by Gasteiger charge is -2.54. The Morgan fingerprint density at radius 2 is 1.70 bits per heavy atom. The van der Waals surface area contributed by atoms with Crippen LogP contribution in [0.15, 0.2) is 18.2 Å². The number of hydrogen-bond donors (Lipinski definition) is 2. The van der Waals surface area contributed by atoms with Gasteiger partial charge in [0.25, 0.3) is 0 Å². The van der Waals surface area contributed by atoms with Crippen LogP contribution in [0.2, 0.25) is 0 Å². The Kier molecular flexibility index (Phi) is 2.83. The van der Waals surface area contributed by atoms with E-state index in [1.165, 1.54) is 32.1 Å². The molecule has 4 aliphatic carbocycles. The Morgan fingerprint density at radius 1 is 1.05 bits per heavy atom. The van der Waals surface area contributed by atoms with Crippen LogP contribution in [0.1, 0.15) is 32.1 Å². The quantitative estimate of drug-likeness (QED) is 0.883. The van der Waals surface area contributed by atoms with Crippen molar-refractivity contribution >= 4 is 5.69 Å². The SMILES string of the molecule is COc1ccc(NC2C3CC4CC(C3)CC2C4)cc1O. The summed E-state index contributed by atoms with van der Waals surface area (Å²) in [5, 5.41) is 13.6. The van der Waals surface area contributed by atoms with Gasteiger partial charge in [0.15, 0.2) is 11.5 Å². The number of methoxy groups -OCH3 is 1. The number of hydrogen-bond acceptors (Lipinski definition) is 3. The molecule has 3 nitrogen and oxygen atoms in total. The third-order valence-corrected chi connectivity index (χ3v) is 5.74. The molecule has 0 atom stereocenters. The van der Waals surface area contributed by atoms with Crippen molar-refractivity contribution in [1.82, 2.24) is 0 Å². The van der Waals surface area contributed by atoms with Gasteiger partial charge < -0.3 is 15.2 Å². The molecule has 3 heteroatoms. The summed E-state index contributed by atoms with van der Waals surface area (Å²) < 4.78 is 5.11. The fraction of sp³-hybridized carbons (Fsp3) is 0.647. The van der Waals surface area contributed by atoms with E-state index in [-0.39, 0.29) is 5.75 Å². The molecule has 4 saturated carbocycles. The van der Waals surface area contributed by atoms with Gasteiger partial charge in [-0.3, -0.25) is 0 Å². The van der Waals surface area contributed by atoms with Gasteiger partial charge in [-0.15, -0.1) is 0 Å². The molecule has 1 aromatic carbocycles. The molecule has 0 aromatic heterocycles. The molecule has 0 aliphatic heterocycles. The molecule has 1 aromatic rings. The molecule has 20 heavy (non-hydrogen) atoms. The second kappa shape index (κ2) is 4.57. The Bertz CT molecular complexity index is 486. The average molecular weight is 273 g/mol. The first kappa shape index (κ1) is 12.4. The molecule has 0 spiro atoms. The Hall–Kier alpha value is -1.38. The highest BCUT2D eigenvalue weighted by Crippen LogP contribution is 2.54. The monoisotopic (exact) mass is 273 g/mol. The molecule has 0 saturated heterocycles. The summed E-state index contributed by atoms with van der Waals surface area (Å²) in [5.74, 6) is 4.45. The van der Waals surface area contributed by atoms with Crippen LogP contribution in [0, 0.1) is 23.7 Å². The molecule has 0 radical (unpaired) electrons. The first-order valence-corrected chi connectivity index (χ1v) is 7.86. The van der Waals surface area contributed by atoms with E-state index >= 15 is 0 Å². The average Bonchev–Trinajstić information content (AvgIpc) is 2.42. The summed E-state index contributed by atoms with van der Waals surface area (Å²) in [7, 11) is 1.58. The molecule has 4 aliphatic rings. The van der Waals surface area contributed by atoms with Gasteiger partial charge in [-0.05, 0) is 67.9 Å². The van der Waals surface area contributed by atoms with Gasteiger partial charge in [0.1, 0.15) is 0 Å². The van der Waals surface area contributed by atoms with Crippen molar-refractivity contribution in [3.8, 4) is 11.5 Å². The van der Waals surface area contributed by atoms with E-state index in [0.29, 0.717) is 11.8 Å². The normalized spacial score (nSPS) is 38.0. The van der Waals surface area contributed by atoms with Crippen LogP contribution in [0.5, 0.6) is 11.5 Å². The summed E-state index contributed by atoms with van der Waals surface area (Å²) in [6, 6.07) is 6.26. The summed E-state index contributed by atoms with van der Waals surface area (Å²) in [4.78, 5) is 0. The van der Waals surface area contributed by atoms with Crippen molar-refractivity contribution in [2.75, 3.05) is 12.4 Å². The zero-order valence-electron chi connectivity index (χ0n) is 12.0. The maximum Gasteiger partial charge on any atom is 0.160 e. The third kappa shape index (κ3) is 1.95. The standard InChI is InChI=1S/C17H23NO2/c1-20-16-3-2-14(9-15(16)19)18-17-12-5-10-4-11(7-12)8-13(17)6-10/h2-3,9-13,17-19H,4-8H2,1H3. The van der Waals surface area contributed by atoms with Crippen molar-refractivity contribution in [2.24, 2.45) is 23.7 Å². The fourth-order valence-electron chi connectivity index (χ4n) is 5.13. The van der Waals surface area contributed by atoms with Crippen LogP contribution in [-0.2, 0) is 0 Å². The first-order chi connectivity index (χ1) is 9.72. The number of benzene rings is 1. The van der Waals surface area contributed by atoms with E-state index in [9.17, 15) is 5.11 Å². The van der Waals surface area contributed by atoms with E-state index in [2.05, 4.69) is 5.32 Å². The smallest absolute Gasteiger partial charge is 0.160 e. The van der Waals surface area contributed by atoms with Crippen LogP contribution in [0.3, 0.4) is 0 Å². The van der Waals surface area contributed by atoms with Crippen molar-refractivity contribution in [1.29, 1.82) is 0 Å². The van der Waals surface area contributed by atoms with E-state index in [4.69, 9.17) is 4.74 Å². The first-order valence-electron chi connectivity index (χ1n) is 7.86. The number of ether oxygens (including phenoxy) is 1. The van der Waals surface area contributed by atoms with Gasteiger partial charge in [0.05, 0.1) is 7.11 Å². The summed E-state index contributed by atoms with van der Waals surface area (Å²) >= 11 is 0. The van der Waals surface area contributed by atoms with Crippen LogP contribution in [-0.4, -0.2) is 18.3 Å². The number of phenols is 1. The van der Waals surface area contributed by atoms with E-state index in [1.807, 2.05) is 12.1 Å². The molecule has 0 unspecified atom stereocenters. The molecule has 0 amide bonds. The highest BCUT2D eigenvalue weighted by Gasteiger charge is 2.48. The zero-order valence-corrected chi connectivity index (χ0v) is 12.0. The van der Waals surface area contributed by atoms with Gasteiger partial charge in [0.2, 0.25) is 0 Å². The summed E-state index contributed by atoms with van der Waals surface area (Å²) in [5.41, 5.74) is 1.03. The lowest BCUT2D eigenvalue weighted by molar-refractivity contribution is 0.00753. The molecule has 2 N–H and O–H groups in total. The number of nitrogens with one attached hydrogen (secondary N) is 1. The Labute approximate surface area is 120 Å². The minimum atomic E-state index is 0.223. The minimum Gasteiger partial charge on any atom is -0.504 e. The molecule has 4 bridgehead atoms. The summed E-state index contributed by atoms with van der Waals surface area (Å²) in [6.45, 7) is 0. The summed E-state index contributed by atoms with van der Waals surface area (Å²) in [6.07, 6.45) is 7.13. The van der Waals surface area contributed by atoms with E-state index in [0.717, 1.165) is 29.4 Å². The van der Waals surface area contributed by atoms with Crippen molar-refractivity contribution in [2.45, 2.75) is 38.1 Å². The maximum atomic E-state index is 9.91. The van der Waals surface area contributed by atoms with Crippen molar-refractivity contribution in [3.63, 3.8) is 0 Å². The van der Waals surface area contributed by atoms with Crippen LogP contribution >= 0.6 is 0 Å². The molecular formula is C17H23NO2. The second-order valence-corrected chi connectivity index (χ2v) is 6.99. The molecule has 4 fully saturated rings. The van der Waals surface area contributed by atoms with Gasteiger partial charge in [-0.25, -0.2) is 0 Å². The predicted octanol–water partition coefficient (Wildman–Crippen LogP) is 3.64. The van der Waals surface area contributed by atoms with Crippen molar-refractivity contribution < 1.29 is 9.84 Å². The molecular weight excluding hydrogens is 250 g/mol. The molecule has 108 valence electrons. The highest BCUT2D eigenvalue weighted by molar-refractivity contribution is 5.54. The lowest BCUT2D eigenvalue weighted by atomic mass is 9.54. The number of rotatable bonds is 3. The number of anilines is 1. The number of phenolic OH excluding ortho intramolecular Hbond substituents is 1. The largest absolute Gasteiger partial charge is 0.504 e. The van der Waals surface area contributed by atoms with Gasteiger partial charge in [-0.1, -0.05) is 0 Å². The third-order valence-electron chi connectivity index (χ3n) is 5.74. The number of aromatic hydroxyl groups is 1. The minimum absolute atomic E-state index is 0.223. The van der Waals surface area contributed by atoms with Gasteiger partial charge >= 0.3 is 0 Å². The zero-order chi connectivity index (χ0) is 13.7. The van der Waals surface area contributed by atoms with E-state index < -0.39 is 0 Å². The lowest BCUT2D eigenvalue weighted by Crippen LogP contribution is -2.51. The maximum absolute atomic E-state index is 9.91. The van der Waals surface area contributed by atoms with Crippen LogP contribution in [0.25, 0.3) is 0 Å². The van der Waals surface area contributed by atoms with Crippen LogP contribution < -0.4 is 10.1 Å². The van der Waals surface area contributed by atoms with Gasteiger partial charge in [-0.2, -0.15) is 0 Å². The topological polar surface area (TPSA) is 41.5 Å². The molecule has 5 rings (SSSR count). The highest BCUT2D eigenvalue weighted by atomic mass is 16.5. The Balaban J connectivity index is 1.53.